The van der Waals surface area contributed by atoms with Crippen LogP contribution in [0, 0.1) is 13.8 Å². The standard InChI is InChI=1S/C18H26N2/c1-5-9-19-16(4)18-8-10-20(13-18)12-17-7-6-14(2)15(3)11-17/h6-8,10-11,13,16,19H,5,9,12H2,1-4H3. The van der Waals surface area contributed by atoms with E-state index >= 15 is 0 Å². The zero-order valence-corrected chi connectivity index (χ0v) is 13.1. The molecule has 0 fully saturated rings. The van der Waals surface area contributed by atoms with E-state index in [0.717, 1.165) is 13.1 Å². The van der Waals surface area contributed by atoms with Crippen LogP contribution in [0.4, 0.5) is 0 Å². The summed E-state index contributed by atoms with van der Waals surface area (Å²) < 4.78 is 2.27. The molecule has 1 N–H and O–H groups in total. The first-order valence-corrected chi connectivity index (χ1v) is 7.55. The van der Waals surface area contributed by atoms with Gasteiger partial charge in [-0.2, -0.15) is 0 Å². The van der Waals surface area contributed by atoms with Crippen molar-refractivity contribution in [1.29, 1.82) is 0 Å². The van der Waals surface area contributed by atoms with Crippen LogP contribution in [0.1, 0.15) is 48.6 Å². The van der Waals surface area contributed by atoms with E-state index in [1.165, 1.54) is 28.7 Å². The highest BCUT2D eigenvalue weighted by Gasteiger charge is 2.06. The normalized spacial score (nSPS) is 12.6. The molecule has 0 amide bonds. The predicted molar refractivity (Wildman–Crippen MR) is 86.2 cm³/mol. The Morgan fingerprint density at radius 3 is 2.65 bits per heavy atom. The van der Waals surface area contributed by atoms with Gasteiger partial charge < -0.3 is 9.88 Å². The first-order valence-electron chi connectivity index (χ1n) is 7.55. The fraction of sp³-hybridized carbons (Fsp3) is 0.444. The van der Waals surface area contributed by atoms with E-state index in [4.69, 9.17) is 0 Å². The van der Waals surface area contributed by atoms with Crippen LogP contribution in [-0.2, 0) is 6.54 Å². The van der Waals surface area contributed by atoms with E-state index in [1.54, 1.807) is 0 Å². The maximum absolute atomic E-state index is 3.53. The number of aryl methyl sites for hydroxylation is 2. The van der Waals surface area contributed by atoms with Crippen molar-refractivity contribution in [2.24, 2.45) is 0 Å². The molecule has 2 aromatic rings. The van der Waals surface area contributed by atoms with Crippen LogP contribution in [0.25, 0.3) is 0 Å². The molecule has 1 aromatic carbocycles. The quantitative estimate of drug-likeness (QED) is 0.832. The van der Waals surface area contributed by atoms with Gasteiger partial charge in [0.1, 0.15) is 0 Å². The zero-order valence-electron chi connectivity index (χ0n) is 13.1. The fourth-order valence-electron chi connectivity index (χ4n) is 2.41. The second-order valence-electron chi connectivity index (χ2n) is 5.71. The van der Waals surface area contributed by atoms with Crippen LogP contribution < -0.4 is 5.32 Å². The minimum absolute atomic E-state index is 0.427. The Kier molecular flexibility index (Phi) is 5.02. The molecule has 0 saturated carbocycles. The van der Waals surface area contributed by atoms with Gasteiger partial charge in [0, 0.05) is 25.0 Å². The maximum Gasteiger partial charge on any atom is 0.0470 e. The van der Waals surface area contributed by atoms with Crippen molar-refractivity contribution < 1.29 is 0 Å². The second-order valence-corrected chi connectivity index (χ2v) is 5.71. The monoisotopic (exact) mass is 270 g/mol. The SMILES string of the molecule is CCCNC(C)c1ccn(Cc2ccc(C)c(C)c2)c1. The van der Waals surface area contributed by atoms with E-state index < -0.39 is 0 Å². The molecule has 1 aromatic heterocycles. The molecule has 0 spiro atoms. The Bertz CT molecular complexity index is 554. The van der Waals surface area contributed by atoms with Gasteiger partial charge in [-0.3, -0.25) is 0 Å². The van der Waals surface area contributed by atoms with Gasteiger partial charge in [-0.15, -0.1) is 0 Å². The summed E-state index contributed by atoms with van der Waals surface area (Å²) in [5.41, 5.74) is 5.46. The lowest BCUT2D eigenvalue weighted by Gasteiger charge is -2.11. The Morgan fingerprint density at radius 2 is 1.95 bits per heavy atom. The molecule has 0 aliphatic rings. The van der Waals surface area contributed by atoms with E-state index in [2.05, 4.69) is 74.2 Å². The van der Waals surface area contributed by atoms with Crippen molar-refractivity contribution in [3.63, 3.8) is 0 Å². The highest BCUT2D eigenvalue weighted by Crippen LogP contribution is 2.15. The van der Waals surface area contributed by atoms with E-state index in [-0.39, 0.29) is 0 Å². The van der Waals surface area contributed by atoms with Gasteiger partial charge in [-0.25, -0.2) is 0 Å². The van der Waals surface area contributed by atoms with Crippen molar-refractivity contribution >= 4 is 0 Å². The fourth-order valence-corrected chi connectivity index (χ4v) is 2.41. The number of nitrogens with one attached hydrogen (secondary N) is 1. The third-order valence-electron chi connectivity index (χ3n) is 3.91. The molecule has 1 heterocycles. The largest absolute Gasteiger partial charge is 0.350 e. The number of hydrogen-bond acceptors (Lipinski definition) is 1. The third-order valence-corrected chi connectivity index (χ3v) is 3.91. The van der Waals surface area contributed by atoms with Gasteiger partial charge in [0.05, 0.1) is 0 Å². The van der Waals surface area contributed by atoms with E-state index in [0.29, 0.717) is 6.04 Å². The highest BCUT2D eigenvalue weighted by atomic mass is 15.0. The molecule has 2 rings (SSSR count). The topological polar surface area (TPSA) is 17.0 Å². The van der Waals surface area contributed by atoms with Crippen molar-refractivity contribution in [2.45, 2.75) is 46.7 Å². The lowest BCUT2D eigenvalue weighted by molar-refractivity contribution is 0.569. The predicted octanol–water partition coefficient (Wildman–Crippen LogP) is 4.21. The average molecular weight is 270 g/mol. The lowest BCUT2D eigenvalue weighted by Crippen LogP contribution is -2.18. The molecule has 0 radical (unpaired) electrons. The van der Waals surface area contributed by atoms with E-state index in [9.17, 15) is 0 Å². The van der Waals surface area contributed by atoms with Crippen molar-refractivity contribution in [1.82, 2.24) is 9.88 Å². The van der Waals surface area contributed by atoms with Gasteiger partial charge in [-0.05, 0) is 62.1 Å². The average Bonchev–Trinajstić information content (AvgIpc) is 2.89. The first kappa shape index (κ1) is 14.9. The van der Waals surface area contributed by atoms with Crippen molar-refractivity contribution in [2.75, 3.05) is 6.54 Å². The van der Waals surface area contributed by atoms with Crippen molar-refractivity contribution in [3.8, 4) is 0 Å². The molecule has 1 atom stereocenters. The summed E-state index contributed by atoms with van der Waals surface area (Å²) in [5, 5.41) is 3.53. The molecule has 2 heteroatoms. The Morgan fingerprint density at radius 1 is 1.15 bits per heavy atom. The maximum atomic E-state index is 3.53. The summed E-state index contributed by atoms with van der Waals surface area (Å²) in [7, 11) is 0. The minimum Gasteiger partial charge on any atom is -0.350 e. The summed E-state index contributed by atoms with van der Waals surface area (Å²) >= 11 is 0. The molecule has 108 valence electrons. The summed E-state index contributed by atoms with van der Waals surface area (Å²) in [6.45, 7) is 10.8. The van der Waals surface area contributed by atoms with Crippen LogP contribution in [0.5, 0.6) is 0 Å². The smallest absolute Gasteiger partial charge is 0.0470 e. The van der Waals surface area contributed by atoms with Crippen molar-refractivity contribution in [3.05, 3.63) is 58.9 Å². The van der Waals surface area contributed by atoms with Gasteiger partial charge in [0.25, 0.3) is 0 Å². The molecule has 0 aliphatic carbocycles. The van der Waals surface area contributed by atoms with Crippen LogP contribution >= 0.6 is 0 Å². The van der Waals surface area contributed by atoms with Crippen LogP contribution in [-0.4, -0.2) is 11.1 Å². The van der Waals surface area contributed by atoms with Crippen LogP contribution in [0.3, 0.4) is 0 Å². The number of hydrogen-bond donors (Lipinski definition) is 1. The summed E-state index contributed by atoms with van der Waals surface area (Å²) in [6, 6.07) is 9.36. The molecule has 2 nitrogen and oxygen atoms in total. The summed E-state index contributed by atoms with van der Waals surface area (Å²) in [5.74, 6) is 0. The number of nitrogens with zero attached hydrogens (tertiary/aromatic N) is 1. The zero-order chi connectivity index (χ0) is 14.5. The second kappa shape index (κ2) is 6.76. The molecule has 0 aliphatic heterocycles. The summed E-state index contributed by atoms with van der Waals surface area (Å²) in [4.78, 5) is 0. The minimum atomic E-state index is 0.427. The first-order chi connectivity index (χ1) is 9.60. The third kappa shape index (κ3) is 3.73. The van der Waals surface area contributed by atoms with Crippen LogP contribution in [0.2, 0.25) is 0 Å². The molecular weight excluding hydrogens is 244 g/mol. The van der Waals surface area contributed by atoms with Gasteiger partial charge in [-0.1, -0.05) is 25.1 Å². The van der Waals surface area contributed by atoms with E-state index in [1.807, 2.05) is 0 Å². The summed E-state index contributed by atoms with van der Waals surface area (Å²) in [6.07, 6.45) is 5.60. The van der Waals surface area contributed by atoms with Crippen LogP contribution in [0.15, 0.2) is 36.7 Å². The Balaban J connectivity index is 2.03. The van der Waals surface area contributed by atoms with Gasteiger partial charge in [0.15, 0.2) is 0 Å². The van der Waals surface area contributed by atoms with Gasteiger partial charge in [0.2, 0.25) is 0 Å². The molecule has 20 heavy (non-hydrogen) atoms. The lowest BCUT2D eigenvalue weighted by atomic mass is 10.1. The number of aromatic nitrogens is 1. The molecule has 1 unspecified atom stereocenters. The Labute approximate surface area is 122 Å². The molecule has 0 saturated heterocycles. The molecule has 0 bridgehead atoms. The highest BCUT2D eigenvalue weighted by molar-refractivity contribution is 5.30. The van der Waals surface area contributed by atoms with Gasteiger partial charge >= 0.3 is 0 Å². The number of benzene rings is 1. The number of rotatable bonds is 6. The Hall–Kier alpha value is -1.54. The molecular formula is C18H26N2.